The molecule has 2 aromatic heterocycles. The Morgan fingerprint density at radius 2 is 2.04 bits per heavy atom. The molecule has 0 aliphatic carbocycles. The molecule has 1 aromatic carbocycles. The molecule has 132 valence electrons. The van der Waals surface area contributed by atoms with Crippen molar-refractivity contribution < 1.29 is 14.0 Å². The SMILES string of the molecule is CC(C)N1C(=O)SC(=Cc2ccc(Sc3nc4ccccc4[nH]3)o2)C1=O. The monoisotopic (exact) mass is 385 g/mol. The number of carbonyl (C=O) groups excluding carboxylic acids is 2. The number of amides is 2. The number of nitrogens with zero attached hydrogens (tertiary/aromatic N) is 2. The first-order valence-corrected chi connectivity index (χ1v) is 9.64. The number of aromatic nitrogens is 2. The van der Waals surface area contributed by atoms with E-state index in [-0.39, 0.29) is 17.2 Å². The highest BCUT2D eigenvalue weighted by Gasteiger charge is 2.36. The highest BCUT2D eigenvalue weighted by Crippen LogP contribution is 2.35. The van der Waals surface area contributed by atoms with Gasteiger partial charge in [0, 0.05) is 12.1 Å². The van der Waals surface area contributed by atoms with E-state index in [0.717, 1.165) is 28.0 Å². The van der Waals surface area contributed by atoms with E-state index in [4.69, 9.17) is 4.42 Å². The van der Waals surface area contributed by atoms with Crippen LogP contribution in [0.4, 0.5) is 4.79 Å². The predicted molar refractivity (Wildman–Crippen MR) is 102 cm³/mol. The summed E-state index contributed by atoms with van der Waals surface area (Å²) in [5.74, 6) is 0.246. The highest BCUT2D eigenvalue weighted by molar-refractivity contribution is 8.18. The Kier molecular flexibility index (Phi) is 4.37. The third-order valence-electron chi connectivity index (χ3n) is 3.78. The summed E-state index contributed by atoms with van der Waals surface area (Å²) in [7, 11) is 0. The summed E-state index contributed by atoms with van der Waals surface area (Å²) in [6, 6.07) is 11.2. The standard InChI is InChI=1S/C18H15N3O3S2/c1-10(2)21-16(22)14(25-18(21)23)9-11-7-8-15(24-11)26-17-19-12-5-3-4-6-13(12)20-17/h3-10H,1-2H3,(H,19,20). The summed E-state index contributed by atoms with van der Waals surface area (Å²) in [6.07, 6.45) is 1.61. The number of carbonyl (C=O) groups is 2. The van der Waals surface area contributed by atoms with Crippen LogP contribution in [-0.4, -0.2) is 32.1 Å². The highest BCUT2D eigenvalue weighted by atomic mass is 32.2. The number of hydrogen-bond acceptors (Lipinski definition) is 6. The zero-order valence-corrected chi connectivity index (χ0v) is 15.7. The van der Waals surface area contributed by atoms with Gasteiger partial charge in [-0.1, -0.05) is 12.1 Å². The summed E-state index contributed by atoms with van der Waals surface area (Å²) in [6.45, 7) is 3.63. The second-order valence-corrected chi connectivity index (χ2v) is 7.95. The molecular weight excluding hydrogens is 370 g/mol. The van der Waals surface area contributed by atoms with Crippen molar-refractivity contribution in [2.45, 2.75) is 30.1 Å². The topological polar surface area (TPSA) is 79.2 Å². The van der Waals surface area contributed by atoms with Crippen LogP contribution in [0.1, 0.15) is 19.6 Å². The molecule has 3 heterocycles. The van der Waals surface area contributed by atoms with Gasteiger partial charge in [-0.2, -0.15) is 0 Å². The number of fused-ring (bicyclic) bond motifs is 1. The Balaban J connectivity index is 1.53. The second-order valence-electron chi connectivity index (χ2n) is 5.96. The van der Waals surface area contributed by atoms with Crippen molar-refractivity contribution >= 4 is 51.8 Å². The minimum Gasteiger partial charge on any atom is -0.450 e. The molecule has 0 radical (unpaired) electrons. The molecule has 0 bridgehead atoms. The van der Waals surface area contributed by atoms with Crippen LogP contribution in [-0.2, 0) is 4.79 Å². The number of H-pyrrole nitrogens is 1. The van der Waals surface area contributed by atoms with Crippen molar-refractivity contribution in [1.82, 2.24) is 14.9 Å². The van der Waals surface area contributed by atoms with Crippen LogP contribution in [0.3, 0.4) is 0 Å². The number of imide groups is 1. The molecule has 3 aromatic rings. The van der Waals surface area contributed by atoms with Gasteiger partial charge in [0.05, 0.1) is 15.9 Å². The van der Waals surface area contributed by atoms with Crippen molar-refractivity contribution in [2.24, 2.45) is 0 Å². The summed E-state index contributed by atoms with van der Waals surface area (Å²) in [5.41, 5.74) is 1.85. The molecular formula is C18H15N3O3S2. The Labute approximate surface area is 158 Å². The fourth-order valence-corrected chi connectivity index (χ4v) is 4.30. The quantitative estimate of drug-likeness (QED) is 0.653. The van der Waals surface area contributed by atoms with Gasteiger partial charge < -0.3 is 9.40 Å². The smallest absolute Gasteiger partial charge is 0.293 e. The molecule has 1 saturated heterocycles. The van der Waals surface area contributed by atoms with Gasteiger partial charge in [0.2, 0.25) is 0 Å². The second kappa shape index (κ2) is 6.69. The van der Waals surface area contributed by atoms with Gasteiger partial charge in [0.1, 0.15) is 5.76 Å². The third-order valence-corrected chi connectivity index (χ3v) is 5.47. The fourth-order valence-electron chi connectivity index (χ4n) is 2.59. The van der Waals surface area contributed by atoms with E-state index in [0.29, 0.717) is 15.8 Å². The van der Waals surface area contributed by atoms with Crippen LogP contribution in [0.2, 0.25) is 0 Å². The summed E-state index contributed by atoms with van der Waals surface area (Å²) in [5, 5.41) is 1.13. The first-order valence-electron chi connectivity index (χ1n) is 8.01. The van der Waals surface area contributed by atoms with E-state index in [9.17, 15) is 9.59 Å². The first kappa shape index (κ1) is 17.0. The number of furan rings is 1. The Hall–Kier alpha value is -2.45. The molecule has 0 atom stereocenters. The van der Waals surface area contributed by atoms with E-state index in [2.05, 4.69) is 9.97 Å². The molecule has 26 heavy (non-hydrogen) atoms. The molecule has 2 amide bonds. The van der Waals surface area contributed by atoms with Crippen LogP contribution in [0.25, 0.3) is 17.1 Å². The number of benzene rings is 1. The maximum absolute atomic E-state index is 12.3. The lowest BCUT2D eigenvalue weighted by Crippen LogP contribution is -2.34. The predicted octanol–water partition coefficient (Wildman–Crippen LogP) is 4.75. The van der Waals surface area contributed by atoms with E-state index in [1.165, 1.54) is 16.7 Å². The zero-order valence-electron chi connectivity index (χ0n) is 14.1. The van der Waals surface area contributed by atoms with Gasteiger partial charge in [-0.3, -0.25) is 14.5 Å². The van der Waals surface area contributed by atoms with E-state index < -0.39 is 0 Å². The third kappa shape index (κ3) is 3.17. The van der Waals surface area contributed by atoms with Gasteiger partial charge in [0.25, 0.3) is 11.1 Å². The van der Waals surface area contributed by atoms with Crippen molar-refractivity contribution in [3.05, 3.63) is 47.1 Å². The minimum atomic E-state index is -0.280. The molecule has 1 N–H and O–H groups in total. The number of hydrogen-bond donors (Lipinski definition) is 1. The number of para-hydroxylation sites is 2. The normalized spacial score (nSPS) is 16.6. The fraction of sp³-hybridized carbons (Fsp3) is 0.167. The van der Waals surface area contributed by atoms with Crippen LogP contribution in [0, 0.1) is 0 Å². The number of rotatable bonds is 4. The van der Waals surface area contributed by atoms with Gasteiger partial charge in [-0.05, 0) is 61.6 Å². The van der Waals surface area contributed by atoms with E-state index >= 15 is 0 Å². The summed E-state index contributed by atoms with van der Waals surface area (Å²) in [4.78, 5) is 33.6. The lowest BCUT2D eigenvalue weighted by Gasteiger charge is -2.16. The van der Waals surface area contributed by atoms with E-state index in [1.807, 2.05) is 44.2 Å². The molecule has 6 nitrogen and oxygen atoms in total. The molecule has 0 unspecified atom stereocenters. The van der Waals surface area contributed by atoms with Gasteiger partial charge in [-0.25, -0.2) is 4.98 Å². The summed E-state index contributed by atoms with van der Waals surface area (Å²) < 4.78 is 5.76. The van der Waals surface area contributed by atoms with Crippen molar-refractivity contribution in [1.29, 1.82) is 0 Å². The van der Waals surface area contributed by atoms with Gasteiger partial charge >= 0.3 is 0 Å². The Morgan fingerprint density at radius 1 is 1.23 bits per heavy atom. The number of nitrogens with one attached hydrogen (secondary N) is 1. The van der Waals surface area contributed by atoms with Crippen LogP contribution in [0.15, 0.2) is 56.0 Å². The largest absolute Gasteiger partial charge is 0.450 e. The Morgan fingerprint density at radius 3 is 2.77 bits per heavy atom. The van der Waals surface area contributed by atoms with E-state index in [1.54, 1.807) is 12.1 Å². The molecule has 1 aliphatic heterocycles. The average molecular weight is 385 g/mol. The summed E-state index contributed by atoms with van der Waals surface area (Å²) >= 11 is 2.30. The molecule has 1 fully saturated rings. The van der Waals surface area contributed by atoms with Crippen molar-refractivity contribution in [3.63, 3.8) is 0 Å². The van der Waals surface area contributed by atoms with Crippen molar-refractivity contribution in [3.8, 4) is 0 Å². The van der Waals surface area contributed by atoms with Crippen LogP contribution < -0.4 is 0 Å². The lowest BCUT2D eigenvalue weighted by atomic mass is 10.3. The van der Waals surface area contributed by atoms with Gasteiger partial charge in [-0.15, -0.1) is 0 Å². The minimum absolute atomic E-state index is 0.163. The number of aromatic amines is 1. The molecule has 0 spiro atoms. The van der Waals surface area contributed by atoms with Gasteiger partial charge in [0.15, 0.2) is 10.2 Å². The molecule has 8 heteroatoms. The first-order chi connectivity index (χ1) is 12.5. The average Bonchev–Trinajstić information content (AvgIpc) is 3.26. The zero-order chi connectivity index (χ0) is 18.3. The molecule has 4 rings (SSSR count). The van der Waals surface area contributed by atoms with Crippen LogP contribution in [0.5, 0.6) is 0 Å². The lowest BCUT2D eigenvalue weighted by molar-refractivity contribution is -0.123. The maximum atomic E-state index is 12.3. The molecule has 1 aliphatic rings. The van der Waals surface area contributed by atoms with Crippen molar-refractivity contribution in [2.75, 3.05) is 0 Å². The van der Waals surface area contributed by atoms with Crippen LogP contribution >= 0.6 is 23.5 Å². The Bertz CT molecular complexity index is 1000. The number of imidazole rings is 1. The molecule has 0 saturated carbocycles. The number of thioether (sulfide) groups is 1. The maximum Gasteiger partial charge on any atom is 0.293 e.